The van der Waals surface area contributed by atoms with Crippen LogP contribution in [0.25, 0.3) is 5.65 Å². The second-order valence-corrected chi connectivity index (χ2v) is 8.73. The molecule has 4 rings (SSSR count). The lowest BCUT2D eigenvalue weighted by atomic mass is 10.2. The van der Waals surface area contributed by atoms with Crippen LogP contribution in [0.3, 0.4) is 0 Å². The van der Waals surface area contributed by atoms with Crippen LogP contribution < -0.4 is 10.0 Å². The highest BCUT2D eigenvalue weighted by atomic mass is 32.2. The summed E-state index contributed by atoms with van der Waals surface area (Å²) in [4.78, 5) is 12.6. The average Bonchev–Trinajstić information content (AvgIpc) is 3.18. The number of nitrogens with zero attached hydrogens (tertiary/aromatic N) is 3. The number of hydrogen-bond acceptors (Lipinski definition) is 5. The van der Waals surface area contributed by atoms with Gasteiger partial charge in [0.15, 0.2) is 5.65 Å². The Morgan fingerprint density at radius 3 is 2.61 bits per heavy atom. The quantitative estimate of drug-likeness (QED) is 0.464. The zero-order valence-corrected chi connectivity index (χ0v) is 17.6. The van der Waals surface area contributed by atoms with Crippen LogP contribution in [0.4, 0.5) is 5.69 Å². The Bertz CT molecular complexity index is 1330. The fourth-order valence-corrected chi connectivity index (χ4v) is 4.20. The van der Waals surface area contributed by atoms with E-state index < -0.39 is 10.0 Å². The normalized spacial score (nSPS) is 11.4. The molecule has 2 aromatic heterocycles. The van der Waals surface area contributed by atoms with Crippen LogP contribution in [0.2, 0.25) is 0 Å². The summed E-state index contributed by atoms with van der Waals surface area (Å²) >= 11 is 0. The molecule has 0 unspecified atom stereocenters. The lowest BCUT2D eigenvalue weighted by Crippen LogP contribution is -2.26. The van der Waals surface area contributed by atoms with E-state index >= 15 is 0 Å². The molecule has 0 aliphatic carbocycles. The lowest BCUT2D eigenvalue weighted by Gasteiger charge is -2.10. The minimum Gasteiger partial charge on any atom is -0.352 e. The molecule has 4 aromatic rings. The third-order valence-corrected chi connectivity index (χ3v) is 6.11. The van der Waals surface area contributed by atoms with E-state index in [9.17, 15) is 13.2 Å². The Labute approximate surface area is 180 Å². The van der Waals surface area contributed by atoms with Crippen LogP contribution in [-0.4, -0.2) is 35.5 Å². The van der Waals surface area contributed by atoms with Crippen LogP contribution in [0.5, 0.6) is 0 Å². The number of anilines is 1. The maximum absolute atomic E-state index is 12.7. The smallest absolute Gasteiger partial charge is 0.261 e. The number of carbonyl (C=O) groups is 1. The molecule has 8 nitrogen and oxygen atoms in total. The fraction of sp³-hybridized carbons (Fsp3) is 0.136. The molecule has 0 fully saturated rings. The fourth-order valence-electron chi connectivity index (χ4n) is 3.09. The zero-order chi connectivity index (χ0) is 21.8. The third kappa shape index (κ3) is 4.72. The summed E-state index contributed by atoms with van der Waals surface area (Å²) in [5.74, 6) is 0.371. The maximum atomic E-state index is 12.7. The molecule has 1 amide bonds. The summed E-state index contributed by atoms with van der Waals surface area (Å²) in [6, 6.07) is 18.6. The van der Waals surface area contributed by atoms with Gasteiger partial charge < -0.3 is 5.32 Å². The first kappa shape index (κ1) is 20.5. The van der Waals surface area contributed by atoms with Gasteiger partial charge in [0.05, 0.1) is 4.90 Å². The summed E-state index contributed by atoms with van der Waals surface area (Å²) in [7, 11) is -3.81. The van der Waals surface area contributed by atoms with Crippen molar-refractivity contribution in [3.05, 3.63) is 89.9 Å². The molecule has 0 aliphatic rings. The second-order valence-electron chi connectivity index (χ2n) is 7.05. The number of nitrogens with one attached hydrogen (secondary N) is 2. The van der Waals surface area contributed by atoms with Gasteiger partial charge >= 0.3 is 0 Å². The predicted molar refractivity (Wildman–Crippen MR) is 117 cm³/mol. The number of fused-ring (bicyclic) bond motifs is 1. The van der Waals surface area contributed by atoms with Crippen LogP contribution >= 0.6 is 0 Å². The molecule has 0 spiro atoms. The number of rotatable bonds is 7. The van der Waals surface area contributed by atoms with Crippen LogP contribution in [0.1, 0.15) is 21.7 Å². The molecule has 0 atom stereocenters. The van der Waals surface area contributed by atoms with Crippen molar-refractivity contribution in [3.8, 4) is 0 Å². The van der Waals surface area contributed by atoms with E-state index in [0.717, 1.165) is 17.0 Å². The molecule has 0 aliphatic heterocycles. The number of hydrogen-bond donors (Lipinski definition) is 2. The van der Waals surface area contributed by atoms with Crippen molar-refractivity contribution < 1.29 is 13.2 Å². The molecule has 0 saturated carbocycles. The van der Waals surface area contributed by atoms with Gasteiger partial charge in [-0.05, 0) is 49.4 Å². The Hall–Kier alpha value is -3.72. The molecule has 0 bridgehead atoms. The van der Waals surface area contributed by atoms with Gasteiger partial charge in [-0.25, -0.2) is 8.42 Å². The van der Waals surface area contributed by atoms with Crippen molar-refractivity contribution in [1.82, 2.24) is 19.9 Å². The largest absolute Gasteiger partial charge is 0.352 e. The van der Waals surface area contributed by atoms with E-state index in [1.807, 2.05) is 47.9 Å². The van der Waals surface area contributed by atoms with Gasteiger partial charge in [-0.15, -0.1) is 10.2 Å². The number of aromatic nitrogens is 3. The molecule has 2 aromatic carbocycles. The first-order valence-electron chi connectivity index (χ1n) is 9.69. The highest BCUT2D eigenvalue weighted by molar-refractivity contribution is 7.92. The summed E-state index contributed by atoms with van der Waals surface area (Å²) < 4.78 is 29.8. The summed E-state index contributed by atoms with van der Waals surface area (Å²) in [6.07, 6.45) is 2.35. The first-order chi connectivity index (χ1) is 14.9. The van der Waals surface area contributed by atoms with Crippen molar-refractivity contribution in [2.45, 2.75) is 18.2 Å². The van der Waals surface area contributed by atoms with Gasteiger partial charge in [-0.3, -0.25) is 13.9 Å². The molecule has 0 saturated heterocycles. The van der Waals surface area contributed by atoms with Gasteiger partial charge in [0.2, 0.25) is 0 Å². The van der Waals surface area contributed by atoms with Crippen molar-refractivity contribution in [3.63, 3.8) is 0 Å². The standard InChI is InChI=1S/C22H21N5O3S/c1-16-8-10-18(11-9-16)26-31(29,30)19-6-4-5-17(15-19)22(28)23-13-12-21-25-24-20-7-2-3-14-27(20)21/h2-11,14-15,26H,12-13H2,1H3,(H,23,28). The molecule has 2 N–H and O–H groups in total. The number of sulfonamides is 1. The molecular weight excluding hydrogens is 414 g/mol. The van der Waals surface area contributed by atoms with Gasteiger partial charge in [0.1, 0.15) is 5.82 Å². The van der Waals surface area contributed by atoms with E-state index in [1.54, 1.807) is 24.3 Å². The molecular formula is C22H21N5O3S. The SMILES string of the molecule is Cc1ccc(NS(=O)(=O)c2cccc(C(=O)NCCc3nnc4ccccn34)c2)cc1. The summed E-state index contributed by atoms with van der Waals surface area (Å²) in [6.45, 7) is 2.26. The van der Waals surface area contributed by atoms with Gasteiger partial charge in [0, 0.05) is 30.4 Å². The molecule has 9 heteroatoms. The monoisotopic (exact) mass is 435 g/mol. The van der Waals surface area contributed by atoms with Gasteiger partial charge in [-0.1, -0.05) is 29.8 Å². The van der Waals surface area contributed by atoms with Crippen molar-refractivity contribution in [2.75, 3.05) is 11.3 Å². The van der Waals surface area contributed by atoms with Crippen molar-refractivity contribution in [2.24, 2.45) is 0 Å². The maximum Gasteiger partial charge on any atom is 0.261 e. The number of amides is 1. The van der Waals surface area contributed by atoms with E-state index in [-0.39, 0.29) is 16.4 Å². The number of pyridine rings is 1. The summed E-state index contributed by atoms with van der Waals surface area (Å²) in [5, 5.41) is 11.0. The highest BCUT2D eigenvalue weighted by Gasteiger charge is 2.16. The van der Waals surface area contributed by atoms with E-state index in [1.165, 1.54) is 12.1 Å². The van der Waals surface area contributed by atoms with E-state index in [4.69, 9.17) is 0 Å². The number of benzene rings is 2. The van der Waals surface area contributed by atoms with Crippen molar-refractivity contribution in [1.29, 1.82) is 0 Å². The topological polar surface area (TPSA) is 105 Å². The second kappa shape index (κ2) is 8.57. The molecule has 31 heavy (non-hydrogen) atoms. The Morgan fingerprint density at radius 1 is 1.00 bits per heavy atom. The first-order valence-corrected chi connectivity index (χ1v) is 11.2. The molecule has 2 heterocycles. The molecule has 0 radical (unpaired) electrons. The van der Waals surface area contributed by atoms with E-state index in [0.29, 0.717) is 18.7 Å². The van der Waals surface area contributed by atoms with Crippen molar-refractivity contribution >= 4 is 27.3 Å². The molecule has 158 valence electrons. The highest BCUT2D eigenvalue weighted by Crippen LogP contribution is 2.17. The van der Waals surface area contributed by atoms with Crippen LogP contribution in [0, 0.1) is 6.92 Å². The zero-order valence-electron chi connectivity index (χ0n) is 16.8. The summed E-state index contributed by atoms with van der Waals surface area (Å²) in [5.41, 5.74) is 2.49. The average molecular weight is 436 g/mol. The Kier molecular flexibility index (Phi) is 5.68. The lowest BCUT2D eigenvalue weighted by molar-refractivity contribution is 0.0953. The van der Waals surface area contributed by atoms with Gasteiger partial charge in [-0.2, -0.15) is 0 Å². The minimum absolute atomic E-state index is 0.0178. The third-order valence-electron chi connectivity index (χ3n) is 4.73. The number of carbonyl (C=O) groups excluding carboxylic acids is 1. The van der Waals surface area contributed by atoms with Gasteiger partial charge in [0.25, 0.3) is 15.9 Å². The van der Waals surface area contributed by atoms with E-state index in [2.05, 4.69) is 20.2 Å². The van der Waals surface area contributed by atoms with Crippen LogP contribution in [-0.2, 0) is 16.4 Å². The predicted octanol–water partition coefficient (Wildman–Crippen LogP) is 2.81. The number of aryl methyl sites for hydroxylation is 1. The Balaban J connectivity index is 1.42. The minimum atomic E-state index is -3.81. The Morgan fingerprint density at radius 2 is 1.81 bits per heavy atom. The van der Waals surface area contributed by atoms with Crippen LogP contribution in [0.15, 0.2) is 77.8 Å².